The molecule has 0 radical (unpaired) electrons. The lowest BCUT2D eigenvalue weighted by atomic mass is 9.98. The first-order valence-corrected chi connectivity index (χ1v) is 15.2. The molecule has 8 nitrogen and oxygen atoms in total. The maximum absolute atomic E-state index is 13.9. The molecule has 1 aromatic carbocycles. The van der Waals surface area contributed by atoms with E-state index in [-0.39, 0.29) is 18.4 Å². The van der Waals surface area contributed by atoms with Gasteiger partial charge in [-0.2, -0.15) is 4.31 Å². The highest BCUT2D eigenvalue weighted by atomic mass is 32.2. The molecule has 2 fully saturated rings. The largest absolute Gasteiger partial charge is 0.379 e. The molecule has 2 aliphatic heterocycles. The Morgan fingerprint density at radius 2 is 1.97 bits per heavy atom. The number of amides is 1. The Kier molecular flexibility index (Phi) is 7.80. The van der Waals surface area contributed by atoms with Crippen LogP contribution in [0.4, 0.5) is 5.13 Å². The minimum Gasteiger partial charge on any atom is -0.379 e. The molecule has 0 saturated carbocycles. The first-order chi connectivity index (χ1) is 17.0. The van der Waals surface area contributed by atoms with E-state index in [1.54, 1.807) is 22.4 Å². The minimum atomic E-state index is -3.58. The van der Waals surface area contributed by atoms with Crippen LogP contribution in [0, 0.1) is 5.92 Å². The molecule has 0 bridgehead atoms. The Hall–Kier alpha value is -1.89. The number of ether oxygens (including phenoxy) is 1. The van der Waals surface area contributed by atoms with Crippen LogP contribution >= 0.6 is 22.7 Å². The SMILES string of the molecule is O=C(C1CCCN(S(=O)(=O)c2cccs2)C1)N(CCCN1CCOCC1)c1nc2ccccc2s1. The summed E-state index contributed by atoms with van der Waals surface area (Å²) in [4.78, 5) is 22.8. The second-order valence-corrected chi connectivity index (χ2v) is 13.0. The number of thiazole rings is 1. The van der Waals surface area contributed by atoms with Gasteiger partial charge < -0.3 is 4.74 Å². The van der Waals surface area contributed by atoms with Crippen molar-refractivity contribution in [2.24, 2.45) is 5.92 Å². The Balaban J connectivity index is 1.34. The topological polar surface area (TPSA) is 83.1 Å². The van der Waals surface area contributed by atoms with Gasteiger partial charge in [-0.15, -0.1) is 11.3 Å². The van der Waals surface area contributed by atoms with E-state index < -0.39 is 10.0 Å². The number of sulfonamides is 1. The molecule has 0 N–H and O–H groups in total. The van der Waals surface area contributed by atoms with Crippen molar-refractivity contribution in [2.45, 2.75) is 23.5 Å². The van der Waals surface area contributed by atoms with Crippen LogP contribution in [0.2, 0.25) is 0 Å². The highest BCUT2D eigenvalue weighted by Crippen LogP contribution is 2.32. The number of fused-ring (bicyclic) bond motifs is 1. The number of hydrogen-bond acceptors (Lipinski definition) is 8. The summed E-state index contributed by atoms with van der Waals surface area (Å²) in [6.07, 6.45) is 2.17. The monoisotopic (exact) mass is 534 g/mol. The summed E-state index contributed by atoms with van der Waals surface area (Å²) in [6.45, 7) is 5.42. The van der Waals surface area contributed by atoms with Gasteiger partial charge in [0.1, 0.15) is 4.21 Å². The van der Waals surface area contributed by atoms with Gasteiger partial charge in [-0.25, -0.2) is 13.4 Å². The fourth-order valence-electron chi connectivity index (χ4n) is 4.67. The maximum Gasteiger partial charge on any atom is 0.252 e. The van der Waals surface area contributed by atoms with E-state index >= 15 is 0 Å². The molecule has 1 amide bonds. The number of anilines is 1. The number of para-hydroxylation sites is 1. The van der Waals surface area contributed by atoms with Crippen molar-refractivity contribution in [1.29, 1.82) is 0 Å². The zero-order valence-corrected chi connectivity index (χ0v) is 22.0. The molecular formula is C24H30N4O4S3. The summed E-state index contributed by atoms with van der Waals surface area (Å²) in [5.41, 5.74) is 0.879. The second-order valence-electron chi connectivity index (χ2n) is 8.90. The molecule has 2 saturated heterocycles. The molecule has 0 aliphatic carbocycles. The Morgan fingerprint density at radius 3 is 2.74 bits per heavy atom. The van der Waals surface area contributed by atoms with E-state index in [0.29, 0.717) is 35.3 Å². The molecule has 1 atom stereocenters. The van der Waals surface area contributed by atoms with E-state index in [4.69, 9.17) is 9.72 Å². The van der Waals surface area contributed by atoms with Crippen LogP contribution in [0.25, 0.3) is 10.2 Å². The molecular weight excluding hydrogens is 504 g/mol. The van der Waals surface area contributed by atoms with Gasteiger partial charge in [-0.1, -0.05) is 29.5 Å². The van der Waals surface area contributed by atoms with E-state index in [1.807, 2.05) is 24.3 Å². The molecule has 0 spiro atoms. The number of carbonyl (C=O) groups is 1. The quantitative estimate of drug-likeness (QED) is 0.440. The fraction of sp³-hybridized carbons (Fsp3) is 0.500. The highest BCUT2D eigenvalue weighted by molar-refractivity contribution is 7.91. The average Bonchev–Trinajstić information content (AvgIpc) is 3.58. The number of hydrogen-bond donors (Lipinski definition) is 0. The first kappa shape index (κ1) is 24.8. The van der Waals surface area contributed by atoms with Crippen LogP contribution < -0.4 is 4.90 Å². The van der Waals surface area contributed by atoms with Crippen LogP contribution in [0.15, 0.2) is 46.0 Å². The van der Waals surface area contributed by atoms with Crippen molar-refractivity contribution in [1.82, 2.24) is 14.2 Å². The van der Waals surface area contributed by atoms with E-state index in [9.17, 15) is 13.2 Å². The van der Waals surface area contributed by atoms with Crippen LogP contribution in [-0.2, 0) is 19.6 Å². The lowest BCUT2D eigenvalue weighted by Gasteiger charge is -2.34. The highest BCUT2D eigenvalue weighted by Gasteiger charge is 2.36. The van der Waals surface area contributed by atoms with Gasteiger partial charge in [-0.3, -0.25) is 14.6 Å². The molecule has 4 heterocycles. The van der Waals surface area contributed by atoms with Crippen LogP contribution in [0.3, 0.4) is 0 Å². The molecule has 35 heavy (non-hydrogen) atoms. The van der Waals surface area contributed by atoms with Gasteiger partial charge in [-0.05, 0) is 42.8 Å². The number of nitrogens with zero attached hydrogens (tertiary/aromatic N) is 4. The van der Waals surface area contributed by atoms with Crippen molar-refractivity contribution in [3.63, 3.8) is 0 Å². The van der Waals surface area contributed by atoms with Crippen molar-refractivity contribution in [3.8, 4) is 0 Å². The van der Waals surface area contributed by atoms with Gasteiger partial charge in [0.05, 0.1) is 29.3 Å². The first-order valence-electron chi connectivity index (χ1n) is 12.0. The Bertz CT molecular complexity index is 1210. The van der Waals surface area contributed by atoms with Crippen LogP contribution in [0.1, 0.15) is 19.3 Å². The van der Waals surface area contributed by atoms with Crippen molar-refractivity contribution < 1.29 is 17.9 Å². The lowest BCUT2D eigenvalue weighted by Crippen LogP contribution is -2.47. The molecule has 3 aromatic rings. The standard InChI is InChI=1S/C24H30N4O4S3/c29-23(19-6-3-11-27(18-19)35(30,31)22-9-4-17-33-22)28(12-5-10-26-13-15-32-16-14-26)24-25-20-7-1-2-8-21(20)34-24/h1-2,4,7-9,17,19H,3,5-6,10-16,18H2. The van der Waals surface area contributed by atoms with E-state index in [2.05, 4.69) is 4.90 Å². The van der Waals surface area contributed by atoms with Crippen LogP contribution in [-0.4, -0.2) is 81.0 Å². The molecule has 188 valence electrons. The van der Waals surface area contributed by atoms with E-state index in [0.717, 1.165) is 49.5 Å². The van der Waals surface area contributed by atoms with Gasteiger partial charge in [0, 0.05) is 39.3 Å². The van der Waals surface area contributed by atoms with E-state index in [1.165, 1.54) is 27.0 Å². The number of aromatic nitrogens is 1. The summed E-state index contributed by atoms with van der Waals surface area (Å²) in [6, 6.07) is 11.3. The molecule has 2 aliphatic rings. The average molecular weight is 535 g/mol. The number of thiophene rings is 1. The van der Waals surface area contributed by atoms with Gasteiger partial charge >= 0.3 is 0 Å². The fourth-order valence-corrected chi connectivity index (χ4v) is 8.34. The maximum atomic E-state index is 13.9. The van der Waals surface area contributed by atoms with Gasteiger partial charge in [0.15, 0.2) is 5.13 Å². The number of piperidine rings is 1. The van der Waals surface area contributed by atoms with Gasteiger partial charge in [0.2, 0.25) is 5.91 Å². The second kappa shape index (κ2) is 11.0. The number of benzene rings is 1. The van der Waals surface area contributed by atoms with Crippen molar-refractivity contribution in [3.05, 3.63) is 41.8 Å². The molecule has 2 aromatic heterocycles. The third kappa shape index (κ3) is 5.60. The summed E-state index contributed by atoms with van der Waals surface area (Å²) in [5.74, 6) is -0.411. The third-order valence-corrected chi connectivity index (χ3v) is 10.9. The zero-order valence-electron chi connectivity index (χ0n) is 19.5. The summed E-state index contributed by atoms with van der Waals surface area (Å²) in [5, 5.41) is 2.46. The van der Waals surface area contributed by atoms with Crippen LogP contribution in [0.5, 0.6) is 0 Å². The Labute approximate surface area is 214 Å². The third-order valence-electron chi connectivity index (χ3n) is 6.56. The zero-order chi connectivity index (χ0) is 24.3. The molecule has 5 rings (SSSR count). The Morgan fingerprint density at radius 1 is 1.14 bits per heavy atom. The predicted molar refractivity (Wildman–Crippen MR) is 140 cm³/mol. The molecule has 11 heteroatoms. The summed E-state index contributed by atoms with van der Waals surface area (Å²) < 4.78 is 34.5. The van der Waals surface area contributed by atoms with Crippen molar-refractivity contribution in [2.75, 3.05) is 57.4 Å². The normalized spacial score (nSPS) is 20.3. The summed E-state index contributed by atoms with van der Waals surface area (Å²) >= 11 is 2.73. The number of carbonyl (C=O) groups excluding carboxylic acids is 1. The lowest BCUT2D eigenvalue weighted by molar-refractivity contribution is -0.123. The van der Waals surface area contributed by atoms with Gasteiger partial charge in [0.25, 0.3) is 10.0 Å². The smallest absolute Gasteiger partial charge is 0.252 e. The molecule has 1 unspecified atom stereocenters. The minimum absolute atomic E-state index is 0.0305. The predicted octanol–water partition coefficient (Wildman–Crippen LogP) is 3.51. The number of morpholine rings is 1. The summed E-state index contributed by atoms with van der Waals surface area (Å²) in [7, 11) is -3.58. The number of rotatable bonds is 8. The van der Waals surface area contributed by atoms with Crippen molar-refractivity contribution >= 4 is 54.0 Å².